The van der Waals surface area contributed by atoms with Crippen molar-refractivity contribution in [3.8, 4) is 0 Å². The standard InChI is InChI=1S/C17H24BNO3/c1-12-10-11-19(15(12)20)14-8-6-13(7-9-14)18-21-16(2,3)17(4,5)22-18/h6-9,12H,10-11H2,1-5H3. The fourth-order valence-electron chi connectivity index (χ4n) is 2.87. The van der Waals surface area contributed by atoms with Gasteiger partial charge in [-0.3, -0.25) is 4.79 Å². The first kappa shape index (κ1) is 15.6. The van der Waals surface area contributed by atoms with Crippen molar-refractivity contribution in [2.45, 2.75) is 52.2 Å². The molecule has 1 unspecified atom stereocenters. The Labute approximate surface area is 132 Å². The van der Waals surface area contributed by atoms with Crippen LogP contribution in [0.2, 0.25) is 0 Å². The van der Waals surface area contributed by atoms with Crippen molar-refractivity contribution >= 4 is 24.2 Å². The lowest BCUT2D eigenvalue weighted by molar-refractivity contribution is -0.119. The van der Waals surface area contributed by atoms with E-state index < -0.39 is 0 Å². The molecule has 2 aliphatic rings. The monoisotopic (exact) mass is 301 g/mol. The molecule has 0 aromatic heterocycles. The second kappa shape index (κ2) is 5.10. The first-order chi connectivity index (χ1) is 10.2. The molecule has 2 heterocycles. The van der Waals surface area contributed by atoms with Crippen molar-refractivity contribution in [1.82, 2.24) is 0 Å². The molecule has 118 valence electrons. The van der Waals surface area contributed by atoms with Gasteiger partial charge >= 0.3 is 7.12 Å². The minimum absolute atomic E-state index is 0.128. The van der Waals surface area contributed by atoms with Gasteiger partial charge in [0, 0.05) is 18.2 Å². The Hall–Kier alpha value is -1.33. The van der Waals surface area contributed by atoms with Gasteiger partial charge in [-0.15, -0.1) is 0 Å². The summed E-state index contributed by atoms with van der Waals surface area (Å²) in [5.74, 6) is 0.339. The lowest BCUT2D eigenvalue weighted by atomic mass is 9.79. The van der Waals surface area contributed by atoms with Gasteiger partial charge in [0.1, 0.15) is 0 Å². The van der Waals surface area contributed by atoms with Gasteiger partial charge in [-0.05, 0) is 51.7 Å². The maximum Gasteiger partial charge on any atom is 0.494 e. The fraction of sp³-hybridized carbons (Fsp3) is 0.588. The van der Waals surface area contributed by atoms with Crippen LogP contribution < -0.4 is 10.4 Å². The van der Waals surface area contributed by atoms with Gasteiger partial charge in [0.2, 0.25) is 5.91 Å². The summed E-state index contributed by atoms with van der Waals surface area (Å²) in [5.41, 5.74) is 1.27. The van der Waals surface area contributed by atoms with Gasteiger partial charge < -0.3 is 14.2 Å². The fourth-order valence-corrected chi connectivity index (χ4v) is 2.87. The molecule has 1 aromatic rings. The maximum atomic E-state index is 12.1. The molecular weight excluding hydrogens is 277 g/mol. The highest BCUT2D eigenvalue weighted by atomic mass is 16.7. The lowest BCUT2D eigenvalue weighted by Crippen LogP contribution is -2.41. The number of hydrogen-bond acceptors (Lipinski definition) is 3. The molecule has 1 aromatic carbocycles. The van der Waals surface area contributed by atoms with E-state index in [2.05, 4.69) is 0 Å². The van der Waals surface area contributed by atoms with Crippen LogP contribution in [-0.2, 0) is 14.1 Å². The normalized spacial score (nSPS) is 26.8. The van der Waals surface area contributed by atoms with E-state index in [1.165, 1.54) is 0 Å². The van der Waals surface area contributed by atoms with Crippen molar-refractivity contribution in [1.29, 1.82) is 0 Å². The van der Waals surface area contributed by atoms with Crippen LogP contribution in [-0.4, -0.2) is 30.8 Å². The number of benzene rings is 1. The summed E-state index contributed by atoms with van der Waals surface area (Å²) in [6, 6.07) is 7.95. The van der Waals surface area contributed by atoms with Crippen LogP contribution >= 0.6 is 0 Å². The van der Waals surface area contributed by atoms with Crippen molar-refractivity contribution in [3.63, 3.8) is 0 Å². The van der Waals surface area contributed by atoms with E-state index in [-0.39, 0.29) is 30.1 Å². The van der Waals surface area contributed by atoms with E-state index in [0.717, 1.165) is 24.1 Å². The third-order valence-corrected chi connectivity index (χ3v) is 5.20. The second-order valence-electron chi connectivity index (χ2n) is 7.36. The largest absolute Gasteiger partial charge is 0.494 e. The summed E-state index contributed by atoms with van der Waals surface area (Å²) in [6.45, 7) is 11.0. The SMILES string of the molecule is CC1CCN(c2ccc(B3OC(C)(C)C(C)(C)O3)cc2)C1=O. The van der Waals surface area contributed by atoms with Crippen LogP contribution in [0.1, 0.15) is 41.0 Å². The van der Waals surface area contributed by atoms with E-state index in [1.54, 1.807) is 0 Å². The number of amides is 1. The van der Waals surface area contributed by atoms with Gasteiger partial charge in [-0.1, -0.05) is 19.1 Å². The number of rotatable bonds is 2. The summed E-state index contributed by atoms with van der Waals surface area (Å²) in [6.07, 6.45) is 0.928. The van der Waals surface area contributed by atoms with Crippen molar-refractivity contribution < 1.29 is 14.1 Å². The van der Waals surface area contributed by atoms with Crippen molar-refractivity contribution in [2.24, 2.45) is 5.92 Å². The highest BCUT2D eigenvalue weighted by Gasteiger charge is 2.51. The molecule has 22 heavy (non-hydrogen) atoms. The Balaban J connectivity index is 1.77. The summed E-state index contributed by atoms with van der Waals surface area (Å²) in [4.78, 5) is 14.0. The summed E-state index contributed by atoms with van der Waals surface area (Å²) < 4.78 is 12.1. The molecule has 4 nitrogen and oxygen atoms in total. The third-order valence-electron chi connectivity index (χ3n) is 5.20. The van der Waals surface area contributed by atoms with E-state index >= 15 is 0 Å². The molecule has 0 saturated carbocycles. The molecule has 0 spiro atoms. The quantitative estimate of drug-likeness (QED) is 0.787. The average Bonchev–Trinajstić information content (AvgIpc) is 2.88. The van der Waals surface area contributed by atoms with E-state index in [0.29, 0.717) is 0 Å². The molecule has 2 fully saturated rings. The van der Waals surface area contributed by atoms with E-state index in [1.807, 2.05) is 63.8 Å². The molecule has 0 N–H and O–H groups in total. The second-order valence-corrected chi connectivity index (χ2v) is 7.36. The predicted molar refractivity (Wildman–Crippen MR) is 88.3 cm³/mol. The maximum absolute atomic E-state index is 12.1. The number of nitrogens with zero attached hydrogens (tertiary/aromatic N) is 1. The Morgan fingerprint density at radius 2 is 1.64 bits per heavy atom. The van der Waals surface area contributed by atoms with E-state index in [4.69, 9.17) is 9.31 Å². The first-order valence-electron chi connectivity index (χ1n) is 7.98. The zero-order valence-corrected chi connectivity index (χ0v) is 14.1. The molecule has 1 atom stereocenters. The van der Waals surface area contributed by atoms with Gasteiger partial charge in [0.25, 0.3) is 0 Å². The minimum Gasteiger partial charge on any atom is -0.399 e. The Kier molecular flexibility index (Phi) is 3.61. The highest BCUT2D eigenvalue weighted by molar-refractivity contribution is 6.62. The molecule has 1 amide bonds. The third kappa shape index (κ3) is 2.46. The zero-order chi connectivity index (χ0) is 16.1. The zero-order valence-electron chi connectivity index (χ0n) is 14.1. The highest BCUT2D eigenvalue weighted by Crippen LogP contribution is 2.36. The van der Waals surface area contributed by atoms with Crippen LogP contribution in [0.4, 0.5) is 5.69 Å². The molecule has 0 bridgehead atoms. The molecule has 5 heteroatoms. The molecule has 2 aliphatic heterocycles. The molecule has 3 rings (SSSR count). The van der Waals surface area contributed by atoms with Crippen LogP contribution in [0.25, 0.3) is 0 Å². The van der Waals surface area contributed by atoms with Crippen LogP contribution in [0.3, 0.4) is 0 Å². The van der Waals surface area contributed by atoms with Crippen LogP contribution in [0.15, 0.2) is 24.3 Å². The summed E-state index contributed by atoms with van der Waals surface area (Å²) in [7, 11) is -0.354. The summed E-state index contributed by atoms with van der Waals surface area (Å²) >= 11 is 0. The van der Waals surface area contributed by atoms with E-state index in [9.17, 15) is 4.79 Å². The predicted octanol–water partition coefficient (Wildman–Crippen LogP) is 2.36. The topological polar surface area (TPSA) is 38.8 Å². The van der Waals surface area contributed by atoms with Crippen LogP contribution in [0.5, 0.6) is 0 Å². The lowest BCUT2D eigenvalue weighted by Gasteiger charge is -2.32. The smallest absolute Gasteiger partial charge is 0.399 e. The Morgan fingerprint density at radius 1 is 1.09 bits per heavy atom. The van der Waals surface area contributed by atoms with Crippen LogP contribution in [0, 0.1) is 5.92 Å². The summed E-state index contributed by atoms with van der Waals surface area (Å²) in [5, 5.41) is 0. The number of carbonyl (C=O) groups excluding carboxylic acids is 1. The number of hydrogen-bond donors (Lipinski definition) is 0. The molecule has 0 radical (unpaired) electrons. The first-order valence-corrected chi connectivity index (χ1v) is 7.98. The minimum atomic E-state index is -0.354. The van der Waals surface area contributed by atoms with Gasteiger partial charge in [-0.25, -0.2) is 0 Å². The van der Waals surface area contributed by atoms with Crippen molar-refractivity contribution in [2.75, 3.05) is 11.4 Å². The van der Waals surface area contributed by atoms with Gasteiger partial charge in [-0.2, -0.15) is 0 Å². The Bertz CT molecular complexity index is 566. The molecule has 2 saturated heterocycles. The number of anilines is 1. The van der Waals surface area contributed by atoms with Crippen molar-refractivity contribution in [3.05, 3.63) is 24.3 Å². The van der Waals surface area contributed by atoms with Gasteiger partial charge in [0.05, 0.1) is 11.2 Å². The molecule has 0 aliphatic carbocycles. The number of carbonyl (C=O) groups is 1. The van der Waals surface area contributed by atoms with Gasteiger partial charge in [0.15, 0.2) is 0 Å². The molecular formula is C17H24BNO3. The average molecular weight is 301 g/mol. The Morgan fingerprint density at radius 3 is 2.09 bits per heavy atom.